The molecule has 0 atom stereocenters. The third-order valence-corrected chi connectivity index (χ3v) is 6.33. The van der Waals surface area contributed by atoms with Crippen molar-refractivity contribution in [1.82, 2.24) is 5.32 Å². The Labute approximate surface area is 138 Å². The monoisotopic (exact) mass is 349 g/mol. The molecule has 21 heavy (non-hydrogen) atoms. The summed E-state index contributed by atoms with van der Waals surface area (Å²) in [5.74, 6) is 2.73. The van der Waals surface area contributed by atoms with E-state index in [9.17, 15) is 0 Å². The molecule has 0 unspecified atom stereocenters. The number of hydrogen-bond donors (Lipinski definition) is 1. The van der Waals surface area contributed by atoms with Crippen LogP contribution in [0.2, 0.25) is 0 Å². The van der Waals surface area contributed by atoms with Gasteiger partial charge in [0.05, 0.1) is 0 Å². The van der Waals surface area contributed by atoms with Crippen LogP contribution in [0.15, 0.2) is 28.7 Å². The third kappa shape index (κ3) is 4.10. The number of hydrogen-bond acceptors (Lipinski definition) is 1. The second-order valence-corrected chi connectivity index (χ2v) is 8.11. The van der Waals surface area contributed by atoms with Gasteiger partial charge in [-0.15, -0.1) is 0 Å². The van der Waals surface area contributed by atoms with Crippen LogP contribution in [0.3, 0.4) is 0 Å². The molecule has 116 valence electrons. The van der Waals surface area contributed by atoms with Gasteiger partial charge >= 0.3 is 0 Å². The van der Waals surface area contributed by atoms with Crippen molar-refractivity contribution < 1.29 is 0 Å². The Morgan fingerprint density at radius 1 is 1.10 bits per heavy atom. The van der Waals surface area contributed by atoms with Crippen molar-refractivity contribution >= 4 is 15.9 Å². The summed E-state index contributed by atoms with van der Waals surface area (Å²) < 4.78 is 1.28. The molecule has 0 aromatic heterocycles. The fourth-order valence-electron chi connectivity index (χ4n) is 3.95. The minimum Gasteiger partial charge on any atom is -0.314 e. The average Bonchev–Trinajstić information content (AvgIpc) is 2.45. The molecular weight excluding hydrogens is 322 g/mol. The van der Waals surface area contributed by atoms with Gasteiger partial charge in [0.1, 0.15) is 0 Å². The summed E-state index contributed by atoms with van der Waals surface area (Å²) in [5.41, 5.74) is 1.50. The second kappa shape index (κ2) is 7.28. The predicted octanol–water partition coefficient (Wildman–Crippen LogP) is 5.50. The van der Waals surface area contributed by atoms with Crippen molar-refractivity contribution in [2.24, 2.45) is 11.8 Å². The maximum Gasteiger partial charge on any atom is 0.0210 e. The Balaban J connectivity index is 1.33. The lowest BCUT2D eigenvalue weighted by molar-refractivity contribution is 0.250. The molecule has 2 aliphatic rings. The second-order valence-electron chi connectivity index (χ2n) is 7.26. The molecule has 2 fully saturated rings. The van der Waals surface area contributed by atoms with E-state index >= 15 is 0 Å². The first kappa shape index (κ1) is 15.6. The van der Waals surface area contributed by atoms with E-state index in [1.807, 2.05) is 0 Å². The van der Waals surface area contributed by atoms with E-state index in [1.165, 1.54) is 61.5 Å². The van der Waals surface area contributed by atoms with Crippen LogP contribution in [-0.2, 0) is 0 Å². The lowest BCUT2D eigenvalue weighted by Gasteiger charge is -2.37. The summed E-state index contributed by atoms with van der Waals surface area (Å²) in [7, 11) is 0. The van der Waals surface area contributed by atoms with Crippen LogP contribution in [0.5, 0.6) is 0 Å². The minimum atomic E-state index is 0.754. The van der Waals surface area contributed by atoms with E-state index in [0.717, 1.165) is 23.8 Å². The van der Waals surface area contributed by atoms with Gasteiger partial charge in [-0.05, 0) is 55.2 Å². The van der Waals surface area contributed by atoms with Crippen molar-refractivity contribution in [2.75, 3.05) is 6.54 Å². The molecular formula is C19H28BrN. The highest BCUT2D eigenvalue weighted by molar-refractivity contribution is 9.10. The van der Waals surface area contributed by atoms with Crippen LogP contribution in [0.1, 0.15) is 63.4 Å². The quantitative estimate of drug-likeness (QED) is 0.739. The van der Waals surface area contributed by atoms with E-state index < -0.39 is 0 Å². The molecule has 0 radical (unpaired) electrons. The molecule has 0 saturated heterocycles. The van der Waals surface area contributed by atoms with Crippen molar-refractivity contribution in [1.29, 1.82) is 0 Å². The van der Waals surface area contributed by atoms with Crippen LogP contribution in [0.25, 0.3) is 0 Å². The summed E-state index contributed by atoms with van der Waals surface area (Å²) in [4.78, 5) is 0. The summed E-state index contributed by atoms with van der Waals surface area (Å²) in [5, 5.41) is 3.78. The first-order chi connectivity index (χ1) is 10.2. The first-order valence-corrected chi connectivity index (χ1v) is 9.49. The Kier molecular flexibility index (Phi) is 5.39. The molecule has 0 aliphatic heterocycles. The Hall–Kier alpha value is -0.340. The SMILES string of the molecule is CC1CCC(CCNC2CC(c3ccccc3Br)C2)CC1. The molecule has 2 saturated carbocycles. The van der Waals surface area contributed by atoms with Gasteiger partial charge in [0, 0.05) is 10.5 Å². The van der Waals surface area contributed by atoms with E-state index in [1.54, 1.807) is 0 Å². The zero-order valence-electron chi connectivity index (χ0n) is 13.2. The molecule has 1 nitrogen and oxygen atoms in total. The zero-order valence-corrected chi connectivity index (χ0v) is 14.7. The zero-order chi connectivity index (χ0) is 14.7. The smallest absolute Gasteiger partial charge is 0.0210 e. The van der Waals surface area contributed by atoms with E-state index in [2.05, 4.69) is 52.4 Å². The van der Waals surface area contributed by atoms with Gasteiger partial charge < -0.3 is 5.32 Å². The first-order valence-electron chi connectivity index (χ1n) is 8.70. The van der Waals surface area contributed by atoms with Gasteiger partial charge in [-0.1, -0.05) is 66.7 Å². The highest BCUT2D eigenvalue weighted by Crippen LogP contribution is 2.40. The third-order valence-electron chi connectivity index (χ3n) is 5.60. The maximum absolute atomic E-state index is 3.78. The summed E-state index contributed by atoms with van der Waals surface area (Å²) in [6.45, 7) is 3.64. The Bertz CT molecular complexity index is 445. The van der Waals surface area contributed by atoms with Crippen molar-refractivity contribution in [3.05, 3.63) is 34.3 Å². The van der Waals surface area contributed by atoms with Gasteiger partial charge in [-0.3, -0.25) is 0 Å². The van der Waals surface area contributed by atoms with Gasteiger partial charge in [0.25, 0.3) is 0 Å². The summed E-state index contributed by atoms with van der Waals surface area (Å²) in [6, 6.07) is 9.45. The van der Waals surface area contributed by atoms with E-state index in [0.29, 0.717) is 0 Å². The van der Waals surface area contributed by atoms with Crippen LogP contribution in [0, 0.1) is 11.8 Å². The number of benzene rings is 1. The lowest BCUT2D eigenvalue weighted by atomic mass is 9.75. The Morgan fingerprint density at radius 2 is 1.81 bits per heavy atom. The molecule has 1 aromatic rings. The molecule has 0 bridgehead atoms. The summed E-state index contributed by atoms with van der Waals surface area (Å²) >= 11 is 3.68. The molecule has 0 spiro atoms. The molecule has 0 heterocycles. The van der Waals surface area contributed by atoms with Gasteiger partial charge in [-0.25, -0.2) is 0 Å². The van der Waals surface area contributed by atoms with Crippen LogP contribution in [-0.4, -0.2) is 12.6 Å². The van der Waals surface area contributed by atoms with Crippen LogP contribution < -0.4 is 5.32 Å². The number of rotatable bonds is 5. The topological polar surface area (TPSA) is 12.0 Å². The van der Waals surface area contributed by atoms with E-state index in [-0.39, 0.29) is 0 Å². The molecule has 2 aliphatic carbocycles. The van der Waals surface area contributed by atoms with Crippen molar-refractivity contribution in [2.45, 2.75) is 63.8 Å². The number of nitrogens with one attached hydrogen (secondary N) is 1. The van der Waals surface area contributed by atoms with Gasteiger partial charge in [0.15, 0.2) is 0 Å². The van der Waals surface area contributed by atoms with Crippen molar-refractivity contribution in [3.63, 3.8) is 0 Å². The van der Waals surface area contributed by atoms with Gasteiger partial charge in [-0.2, -0.15) is 0 Å². The average molecular weight is 350 g/mol. The predicted molar refractivity (Wildman–Crippen MR) is 93.6 cm³/mol. The minimum absolute atomic E-state index is 0.754. The highest BCUT2D eigenvalue weighted by Gasteiger charge is 2.31. The lowest BCUT2D eigenvalue weighted by Crippen LogP contribution is -2.41. The normalized spacial score (nSPS) is 32.7. The Morgan fingerprint density at radius 3 is 2.52 bits per heavy atom. The fraction of sp³-hybridized carbons (Fsp3) is 0.684. The van der Waals surface area contributed by atoms with Crippen LogP contribution >= 0.6 is 15.9 Å². The number of halogens is 1. The fourth-order valence-corrected chi connectivity index (χ4v) is 4.56. The maximum atomic E-state index is 3.78. The molecule has 0 amide bonds. The molecule has 2 heteroatoms. The van der Waals surface area contributed by atoms with Gasteiger partial charge in [0.2, 0.25) is 0 Å². The van der Waals surface area contributed by atoms with Crippen molar-refractivity contribution in [3.8, 4) is 0 Å². The largest absolute Gasteiger partial charge is 0.314 e. The van der Waals surface area contributed by atoms with E-state index in [4.69, 9.17) is 0 Å². The molecule has 1 N–H and O–H groups in total. The molecule has 1 aromatic carbocycles. The highest BCUT2D eigenvalue weighted by atomic mass is 79.9. The van der Waals surface area contributed by atoms with Crippen LogP contribution in [0.4, 0.5) is 0 Å². The summed E-state index contributed by atoms with van der Waals surface area (Å²) in [6.07, 6.45) is 9.86. The molecule has 3 rings (SSSR count). The standard InChI is InChI=1S/C19H28BrN/c1-14-6-8-15(9-7-14)10-11-21-17-12-16(13-17)18-4-2-3-5-19(18)20/h2-5,14-17,21H,6-13H2,1H3.